The number of hydrogen-bond donors (Lipinski definition) is 2. The van der Waals surface area contributed by atoms with Gasteiger partial charge in [0.15, 0.2) is 10.7 Å². The van der Waals surface area contributed by atoms with Crippen molar-refractivity contribution in [2.45, 2.75) is 38.3 Å². The molecule has 0 radical (unpaired) electrons. The Labute approximate surface area is 134 Å². The van der Waals surface area contributed by atoms with E-state index in [1.54, 1.807) is 10.6 Å². The van der Waals surface area contributed by atoms with Gasteiger partial charge < -0.3 is 4.57 Å². The van der Waals surface area contributed by atoms with Gasteiger partial charge in [-0.3, -0.25) is 9.82 Å². The van der Waals surface area contributed by atoms with E-state index in [-0.39, 0.29) is 11.1 Å². The third kappa shape index (κ3) is 2.91. The zero-order chi connectivity index (χ0) is 16.6. The lowest BCUT2D eigenvalue weighted by molar-refractivity contribution is 0.529. The van der Waals surface area contributed by atoms with Gasteiger partial charge in [0, 0.05) is 23.3 Å². The molecular formula is C14H18N6O2S. The molecule has 0 spiro atoms. The van der Waals surface area contributed by atoms with Crippen molar-refractivity contribution in [2.75, 3.05) is 4.72 Å². The molecule has 2 N–H and O–H groups in total. The Balaban J connectivity index is 1.90. The Hall–Kier alpha value is -2.42. The van der Waals surface area contributed by atoms with Crippen LogP contribution in [-0.4, -0.2) is 33.2 Å². The first-order valence-electron chi connectivity index (χ1n) is 7.27. The van der Waals surface area contributed by atoms with Crippen molar-refractivity contribution < 1.29 is 8.42 Å². The first-order valence-corrected chi connectivity index (χ1v) is 8.76. The molecule has 0 aliphatic heterocycles. The lowest BCUT2D eigenvalue weighted by Gasteiger charge is -2.09. The molecule has 9 heteroatoms. The van der Waals surface area contributed by atoms with Crippen LogP contribution in [-0.2, 0) is 10.0 Å². The lowest BCUT2D eigenvalue weighted by Crippen LogP contribution is -2.13. The van der Waals surface area contributed by atoms with Crippen LogP contribution in [0.4, 0.5) is 5.69 Å². The molecule has 0 saturated heterocycles. The van der Waals surface area contributed by atoms with Crippen molar-refractivity contribution in [3.63, 3.8) is 0 Å². The van der Waals surface area contributed by atoms with Gasteiger partial charge in [0.2, 0.25) is 0 Å². The van der Waals surface area contributed by atoms with E-state index in [0.717, 1.165) is 17.5 Å². The van der Waals surface area contributed by atoms with Crippen molar-refractivity contribution >= 4 is 26.7 Å². The fourth-order valence-electron chi connectivity index (χ4n) is 2.19. The van der Waals surface area contributed by atoms with Crippen LogP contribution in [0.15, 0.2) is 29.8 Å². The molecule has 0 fully saturated rings. The molecule has 8 nitrogen and oxygen atoms in total. The van der Waals surface area contributed by atoms with Crippen LogP contribution in [0.3, 0.4) is 0 Å². The SMILES string of the molecule is CCC(C)n1cnc(S(=O)(=O)Nc2cnc3n[nH]c(C)c3c2)c1. The molecule has 23 heavy (non-hydrogen) atoms. The van der Waals surface area contributed by atoms with Gasteiger partial charge in [0.05, 0.1) is 18.2 Å². The third-order valence-electron chi connectivity index (χ3n) is 3.81. The summed E-state index contributed by atoms with van der Waals surface area (Å²) in [5, 5.41) is 7.59. The predicted octanol–water partition coefficient (Wildman–Crippen LogP) is 2.23. The molecule has 3 heterocycles. The smallest absolute Gasteiger partial charge is 0.280 e. The molecule has 3 aromatic heterocycles. The molecule has 0 aliphatic carbocycles. The maximum atomic E-state index is 12.4. The number of H-pyrrole nitrogens is 1. The van der Waals surface area contributed by atoms with Crippen LogP contribution in [0, 0.1) is 6.92 Å². The third-order valence-corrected chi connectivity index (χ3v) is 5.07. The van der Waals surface area contributed by atoms with E-state index in [1.165, 1.54) is 18.7 Å². The summed E-state index contributed by atoms with van der Waals surface area (Å²) in [6, 6.07) is 1.89. The van der Waals surface area contributed by atoms with Gasteiger partial charge >= 0.3 is 0 Å². The second-order valence-electron chi connectivity index (χ2n) is 5.47. The number of anilines is 1. The average molecular weight is 334 g/mol. The molecule has 1 unspecified atom stereocenters. The topological polar surface area (TPSA) is 106 Å². The first kappa shape index (κ1) is 15.5. The van der Waals surface area contributed by atoms with Crippen molar-refractivity contribution in [3.05, 3.63) is 30.5 Å². The molecule has 1 atom stereocenters. The number of rotatable bonds is 5. The molecule has 3 rings (SSSR count). The summed E-state index contributed by atoms with van der Waals surface area (Å²) in [5.74, 6) is 0. The fourth-order valence-corrected chi connectivity index (χ4v) is 3.16. The van der Waals surface area contributed by atoms with Crippen LogP contribution in [0.2, 0.25) is 0 Å². The zero-order valence-electron chi connectivity index (χ0n) is 13.1. The number of nitrogens with one attached hydrogen (secondary N) is 2. The van der Waals surface area contributed by atoms with Crippen LogP contribution >= 0.6 is 0 Å². The summed E-state index contributed by atoms with van der Waals surface area (Å²) in [6.07, 6.45) is 5.39. The second-order valence-corrected chi connectivity index (χ2v) is 7.09. The van der Waals surface area contributed by atoms with Gasteiger partial charge in [-0.1, -0.05) is 6.92 Å². The predicted molar refractivity (Wildman–Crippen MR) is 86.7 cm³/mol. The quantitative estimate of drug-likeness (QED) is 0.744. The van der Waals surface area contributed by atoms with Gasteiger partial charge in [-0.25, -0.2) is 9.97 Å². The number of hydrogen-bond acceptors (Lipinski definition) is 5. The molecule has 0 aromatic carbocycles. The van der Waals surface area contributed by atoms with Crippen LogP contribution in [0.25, 0.3) is 11.0 Å². The highest BCUT2D eigenvalue weighted by Gasteiger charge is 2.19. The number of imidazole rings is 1. The number of fused-ring (bicyclic) bond motifs is 1. The van der Waals surface area contributed by atoms with Gasteiger partial charge in [-0.2, -0.15) is 13.5 Å². The lowest BCUT2D eigenvalue weighted by atomic mass is 10.3. The minimum absolute atomic E-state index is 0.0122. The highest BCUT2D eigenvalue weighted by molar-refractivity contribution is 7.92. The van der Waals surface area contributed by atoms with E-state index < -0.39 is 10.0 Å². The largest absolute Gasteiger partial charge is 0.333 e. The fraction of sp³-hybridized carbons (Fsp3) is 0.357. The van der Waals surface area contributed by atoms with E-state index in [9.17, 15) is 8.42 Å². The molecule has 0 saturated carbocycles. The minimum atomic E-state index is -3.75. The number of pyridine rings is 1. The monoisotopic (exact) mass is 334 g/mol. The minimum Gasteiger partial charge on any atom is -0.333 e. The van der Waals surface area contributed by atoms with Gasteiger partial charge in [0.25, 0.3) is 10.0 Å². The van der Waals surface area contributed by atoms with E-state index >= 15 is 0 Å². The van der Waals surface area contributed by atoms with Gasteiger partial charge in [-0.15, -0.1) is 0 Å². The van der Waals surface area contributed by atoms with Crippen molar-refractivity contribution in [2.24, 2.45) is 0 Å². The summed E-state index contributed by atoms with van der Waals surface area (Å²) < 4.78 is 29.2. The van der Waals surface area contributed by atoms with E-state index in [4.69, 9.17) is 0 Å². The number of nitrogens with zero attached hydrogens (tertiary/aromatic N) is 4. The zero-order valence-corrected chi connectivity index (χ0v) is 13.9. The number of aromatic amines is 1. The molecule has 122 valence electrons. The standard InChI is InChI=1S/C14H18N6O2S/c1-4-9(2)20-7-13(16-8-20)23(21,22)19-11-5-12-10(3)17-18-14(12)15-6-11/h5-9,19H,4H2,1-3H3,(H,15,17,18). The van der Waals surface area contributed by atoms with E-state index in [2.05, 4.69) is 24.9 Å². The molecular weight excluding hydrogens is 316 g/mol. The number of aromatic nitrogens is 5. The number of aryl methyl sites for hydroxylation is 1. The highest BCUT2D eigenvalue weighted by Crippen LogP contribution is 2.21. The molecule has 3 aromatic rings. The van der Waals surface area contributed by atoms with Crippen LogP contribution < -0.4 is 4.72 Å². The molecule has 0 amide bonds. The van der Waals surface area contributed by atoms with E-state index in [1.807, 2.05) is 20.8 Å². The summed E-state index contributed by atoms with van der Waals surface area (Å²) in [4.78, 5) is 8.13. The normalized spacial score (nSPS) is 13.3. The van der Waals surface area contributed by atoms with Crippen LogP contribution in [0.1, 0.15) is 32.0 Å². The first-order chi connectivity index (χ1) is 10.9. The summed E-state index contributed by atoms with van der Waals surface area (Å²) in [6.45, 7) is 5.89. The Morgan fingerprint density at radius 3 is 2.91 bits per heavy atom. The van der Waals surface area contributed by atoms with Crippen molar-refractivity contribution in [3.8, 4) is 0 Å². The average Bonchev–Trinajstić information content (AvgIpc) is 3.14. The second kappa shape index (κ2) is 5.65. The molecule has 0 aliphatic rings. The Morgan fingerprint density at radius 1 is 1.39 bits per heavy atom. The highest BCUT2D eigenvalue weighted by atomic mass is 32.2. The van der Waals surface area contributed by atoms with Crippen molar-refractivity contribution in [1.29, 1.82) is 0 Å². The van der Waals surface area contributed by atoms with Crippen LogP contribution in [0.5, 0.6) is 0 Å². The summed E-state index contributed by atoms with van der Waals surface area (Å²) in [5.41, 5.74) is 1.75. The Bertz CT molecular complexity index is 943. The maximum Gasteiger partial charge on any atom is 0.280 e. The molecule has 0 bridgehead atoms. The van der Waals surface area contributed by atoms with Gasteiger partial charge in [-0.05, 0) is 26.3 Å². The number of sulfonamides is 1. The van der Waals surface area contributed by atoms with E-state index in [0.29, 0.717) is 11.3 Å². The van der Waals surface area contributed by atoms with Gasteiger partial charge in [0.1, 0.15) is 0 Å². The summed E-state index contributed by atoms with van der Waals surface area (Å²) in [7, 11) is -3.75. The van der Waals surface area contributed by atoms with Crippen molar-refractivity contribution in [1.82, 2.24) is 24.7 Å². The Kier molecular flexibility index (Phi) is 3.80. The Morgan fingerprint density at radius 2 is 2.17 bits per heavy atom. The maximum absolute atomic E-state index is 12.4. The summed E-state index contributed by atoms with van der Waals surface area (Å²) >= 11 is 0.